The maximum absolute atomic E-state index is 5.46. The van der Waals surface area contributed by atoms with Gasteiger partial charge in [0.1, 0.15) is 6.79 Å². The Hall–Kier alpha value is -0.120. The van der Waals surface area contributed by atoms with E-state index < -0.39 is 0 Å². The third kappa shape index (κ3) is 2.77. The van der Waals surface area contributed by atoms with Crippen LogP contribution in [0.1, 0.15) is 13.3 Å². The predicted octanol–water partition coefficient (Wildman–Crippen LogP) is 0.605. The highest BCUT2D eigenvalue weighted by Crippen LogP contribution is 2.14. The van der Waals surface area contributed by atoms with Crippen LogP contribution in [0.3, 0.4) is 0 Å². The van der Waals surface area contributed by atoms with Gasteiger partial charge in [0.05, 0.1) is 6.10 Å². The number of methoxy groups -OCH3 is 1. The normalized spacial score (nSPS) is 32.2. The van der Waals surface area contributed by atoms with Crippen LogP contribution in [0.15, 0.2) is 0 Å². The Morgan fingerprint density at radius 1 is 1.55 bits per heavy atom. The van der Waals surface area contributed by atoms with Crippen molar-refractivity contribution in [3.05, 3.63) is 0 Å². The average Bonchev–Trinajstić information content (AvgIpc) is 2.03. The highest BCUT2D eigenvalue weighted by Gasteiger charge is 2.20. The highest BCUT2D eigenvalue weighted by atomic mass is 16.7. The Bertz CT molecular complexity index is 108. The Morgan fingerprint density at radius 2 is 2.36 bits per heavy atom. The van der Waals surface area contributed by atoms with Gasteiger partial charge in [-0.05, 0) is 18.9 Å². The van der Waals surface area contributed by atoms with E-state index in [9.17, 15) is 0 Å². The quantitative estimate of drug-likeness (QED) is 0.612. The molecule has 1 aliphatic heterocycles. The first-order valence-corrected chi connectivity index (χ1v) is 4.16. The lowest BCUT2D eigenvalue weighted by Crippen LogP contribution is -2.41. The molecule has 11 heavy (non-hydrogen) atoms. The molecular weight excluding hydrogens is 142 g/mol. The topological polar surface area (TPSA) is 30.5 Å². The molecule has 1 saturated heterocycles. The van der Waals surface area contributed by atoms with Gasteiger partial charge >= 0.3 is 0 Å². The predicted molar refractivity (Wildman–Crippen MR) is 43.4 cm³/mol. The van der Waals surface area contributed by atoms with Crippen molar-refractivity contribution in [3.63, 3.8) is 0 Å². The maximum Gasteiger partial charge on any atom is 0.146 e. The van der Waals surface area contributed by atoms with E-state index in [0.29, 0.717) is 18.8 Å². The first-order valence-electron chi connectivity index (χ1n) is 4.16. The Morgan fingerprint density at radius 3 is 3.00 bits per heavy atom. The molecule has 3 nitrogen and oxygen atoms in total. The standard InChI is InChI=1S/C8H17NO2/c1-7-3-4-9-5-8(7)11-6-10-2/h7-9H,3-6H2,1-2H3. The van der Waals surface area contributed by atoms with Crippen LogP contribution in [0.25, 0.3) is 0 Å². The lowest BCUT2D eigenvalue weighted by Gasteiger charge is -2.28. The zero-order valence-corrected chi connectivity index (χ0v) is 7.30. The summed E-state index contributed by atoms with van der Waals surface area (Å²) in [6.07, 6.45) is 1.54. The lowest BCUT2D eigenvalue weighted by atomic mass is 9.97. The maximum atomic E-state index is 5.46. The monoisotopic (exact) mass is 159 g/mol. The highest BCUT2D eigenvalue weighted by molar-refractivity contribution is 4.74. The minimum atomic E-state index is 0.337. The molecular formula is C8H17NO2. The minimum absolute atomic E-state index is 0.337. The molecule has 3 heteroatoms. The van der Waals surface area contributed by atoms with Gasteiger partial charge in [-0.15, -0.1) is 0 Å². The molecule has 0 aromatic carbocycles. The summed E-state index contributed by atoms with van der Waals surface area (Å²) in [4.78, 5) is 0. The molecule has 1 N–H and O–H groups in total. The Kier molecular flexibility index (Phi) is 3.83. The van der Waals surface area contributed by atoms with Crippen LogP contribution in [0, 0.1) is 5.92 Å². The van der Waals surface area contributed by atoms with E-state index in [2.05, 4.69) is 12.2 Å². The van der Waals surface area contributed by atoms with E-state index in [-0.39, 0.29) is 0 Å². The van der Waals surface area contributed by atoms with Crippen LogP contribution in [0.4, 0.5) is 0 Å². The summed E-state index contributed by atoms with van der Waals surface area (Å²) in [5.41, 5.74) is 0. The van der Waals surface area contributed by atoms with E-state index in [1.807, 2.05) is 0 Å². The van der Waals surface area contributed by atoms with Crippen molar-refractivity contribution >= 4 is 0 Å². The van der Waals surface area contributed by atoms with Gasteiger partial charge in [-0.2, -0.15) is 0 Å². The molecule has 1 aliphatic rings. The molecule has 0 amide bonds. The summed E-state index contributed by atoms with van der Waals surface area (Å²) >= 11 is 0. The molecule has 0 radical (unpaired) electrons. The van der Waals surface area contributed by atoms with Gasteiger partial charge in [-0.25, -0.2) is 0 Å². The third-order valence-electron chi connectivity index (χ3n) is 2.16. The first-order chi connectivity index (χ1) is 5.34. The molecule has 1 rings (SSSR count). The number of nitrogens with one attached hydrogen (secondary N) is 1. The molecule has 0 aliphatic carbocycles. The molecule has 0 aromatic rings. The van der Waals surface area contributed by atoms with Crippen LogP contribution in [0.5, 0.6) is 0 Å². The molecule has 0 bridgehead atoms. The van der Waals surface area contributed by atoms with Crippen molar-refractivity contribution in [1.29, 1.82) is 0 Å². The summed E-state index contributed by atoms with van der Waals surface area (Å²) in [6.45, 7) is 4.72. The molecule has 1 heterocycles. The van der Waals surface area contributed by atoms with Crippen LogP contribution < -0.4 is 5.32 Å². The van der Waals surface area contributed by atoms with Crippen molar-refractivity contribution in [2.24, 2.45) is 5.92 Å². The average molecular weight is 159 g/mol. The van der Waals surface area contributed by atoms with E-state index in [1.54, 1.807) is 7.11 Å². The van der Waals surface area contributed by atoms with Gasteiger partial charge in [0.2, 0.25) is 0 Å². The van der Waals surface area contributed by atoms with Gasteiger partial charge in [-0.1, -0.05) is 6.92 Å². The number of piperidine rings is 1. The minimum Gasteiger partial charge on any atom is -0.359 e. The van der Waals surface area contributed by atoms with Gasteiger partial charge in [0.15, 0.2) is 0 Å². The third-order valence-corrected chi connectivity index (χ3v) is 2.16. The molecule has 2 atom stereocenters. The largest absolute Gasteiger partial charge is 0.359 e. The van der Waals surface area contributed by atoms with Crippen molar-refractivity contribution in [2.75, 3.05) is 27.0 Å². The lowest BCUT2D eigenvalue weighted by molar-refractivity contribution is -0.0937. The second kappa shape index (κ2) is 4.70. The smallest absolute Gasteiger partial charge is 0.146 e. The van der Waals surface area contributed by atoms with Crippen LogP contribution >= 0.6 is 0 Å². The van der Waals surface area contributed by atoms with Crippen molar-refractivity contribution in [2.45, 2.75) is 19.4 Å². The van der Waals surface area contributed by atoms with E-state index in [1.165, 1.54) is 6.42 Å². The molecule has 0 spiro atoms. The first kappa shape index (κ1) is 8.97. The number of hydrogen-bond acceptors (Lipinski definition) is 3. The van der Waals surface area contributed by atoms with Crippen LogP contribution in [-0.2, 0) is 9.47 Å². The molecule has 0 aromatic heterocycles. The number of rotatable bonds is 3. The number of hydrogen-bond donors (Lipinski definition) is 1. The second-order valence-electron chi connectivity index (χ2n) is 3.08. The Balaban J connectivity index is 2.18. The van der Waals surface area contributed by atoms with E-state index >= 15 is 0 Å². The van der Waals surface area contributed by atoms with Gasteiger partial charge in [-0.3, -0.25) is 0 Å². The molecule has 2 unspecified atom stereocenters. The molecule has 0 saturated carbocycles. The summed E-state index contributed by atoms with van der Waals surface area (Å²) in [6, 6.07) is 0. The summed E-state index contributed by atoms with van der Waals surface area (Å²) in [5.74, 6) is 0.659. The summed E-state index contributed by atoms with van der Waals surface area (Å²) in [5, 5.41) is 3.29. The molecule has 1 fully saturated rings. The summed E-state index contributed by atoms with van der Waals surface area (Å²) < 4.78 is 10.3. The fourth-order valence-electron chi connectivity index (χ4n) is 1.34. The Labute approximate surface area is 68.1 Å². The van der Waals surface area contributed by atoms with E-state index in [0.717, 1.165) is 13.1 Å². The second-order valence-corrected chi connectivity index (χ2v) is 3.08. The summed E-state index contributed by atoms with van der Waals surface area (Å²) in [7, 11) is 1.65. The zero-order chi connectivity index (χ0) is 8.10. The van der Waals surface area contributed by atoms with Crippen LogP contribution in [0.2, 0.25) is 0 Å². The van der Waals surface area contributed by atoms with Crippen molar-refractivity contribution in [3.8, 4) is 0 Å². The number of ether oxygens (including phenoxy) is 2. The fraction of sp³-hybridized carbons (Fsp3) is 1.00. The zero-order valence-electron chi connectivity index (χ0n) is 7.30. The van der Waals surface area contributed by atoms with E-state index in [4.69, 9.17) is 9.47 Å². The molecule has 66 valence electrons. The van der Waals surface area contributed by atoms with Gasteiger partial charge in [0, 0.05) is 13.7 Å². The van der Waals surface area contributed by atoms with Crippen molar-refractivity contribution in [1.82, 2.24) is 5.32 Å². The SMILES string of the molecule is COCOC1CNCCC1C. The van der Waals surface area contributed by atoms with Gasteiger partial charge < -0.3 is 14.8 Å². The fourth-order valence-corrected chi connectivity index (χ4v) is 1.34. The van der Waals surface area contributed by atoms with Crippen LogP contribution in [-0.4, -0.2) is 33.1 Å². The van der Waals surface area contributed by atoms with Gasteiger partial charge in [0.25, 0.3) is 0 Å². The van der Waals surface area contributed by atoms with Crippen molar-refractivity contribution < 1.29 is 9.47 Å².